The molecule has 5 nitrogen and oxygen atoms in total. The smallest absolute Gasteiger partial charge is 0.312 e. The number of nitrogens with zero attached hydrogens (tertiary/aromatic N) is 2. The molecule has 2 heterocycles. The second-order valence-electron chi connectivity index (χ2n) is 5.62. The highest BCUT2D eigenvalue weighted by atomic mass is 32.1. The van der Waals surface area contributed by atoms with Crippen LogP contribution in [0.1, 0.15) is 6.42 Å². The summed E-state index contributed by atoms with van der Waals surface area (Å²) in [6.45, 7) is 0.240. The molecule has 0 saturated carbocycles. The van der Waals surface area contributed by atoms with Crippen LogP contribution in [0.2, 0.25) is 0 Å². The third-order valence-electron chi connectivity index (χ3n) is 3.96. The highest BCUT2D eigenvalue weighted by Gasteiger charge is 2.09. The van der Waals surface area contributed by atoms with Gasteiger partial charge in [0.05, 0.1) is 18.1 Å². The van der Waals surface area contributed by atoms with Crippen LogP contribution in [-0.4, -0.2) is 15.5 Å². The molecule has 25 heavy (non-hydrogen) atoms. The van der Waals surface area contributed by atoms with Gasteiger partial charge in [-0.25, -0.2) is 4.98 Å². The standard InChI is InChI=1S/C19H14N2O3S/c22-17(24-15-6-5-13-3-1-2-4-14(13)11-15)7-9-21-12-20-18-16(19(21)23)8-10-25-18/h1-6,8,10-12H,7,9H2. The topological polar surface area (TPSA) is 61.2 Å². The highest BCUT2D eigenvalue weighted by molar-refractivity contribution is 7.16. The number of hydrogen-bond acceptors (Lipinski definition) is 5. The number of ether oxygens (including phenoxy) is 1. The number of fused-ring (bicyclic) bond motifs is 2. The molecule has 0 spiro atoms. The minimum atomic E-state index is -0.382. The maximum atomic E-state index is 12.3. The van der Waals surface area contributed by atoms with Crippen molar-refractivity contribution >= 4 is 38.3 Å². The van der Waals surface area contributed by atoms with Crippen LogP contribution in [-0.2, 0) is 11.3 Å². The molecule has 0 aliphatic carbocycles. The van der Waals surface area contributed by atoms with E-state index in [1.54, 1.807) is 12.1 Å². The Kier molecular flexibility index (Phi) is 4.03. The van der Waals surface area contributed by atoms with E-state index < -0.39 is 0 Å². The number of aryl methyl sites for hydroxylation is 1. The zero-order valence-electron chi connectivity index (χ0n) is 13.2. The monoisotopic (exact) mass is 350 g/mol. The van der Waals surface area contributed by atoms with Crippen LogP contribution >= 0.6 is 11.3 Å². The minimum absolute atomic E-state index is 0.101. The lowest BCUT2D eigenvalue weighted by molar-refractivity contribution is -0.134. The van der Waals surface area contributed by atoms with Gasteiger partial charge >= 0.3 is 5.97 Å². The van der Waals surface area contributed by atoms with E-state index in [0.717, 1.165) is 10.8 Å². The average Bonchev–Trinajstić information content (AvgIpc) is 3.11. The Morgan fingerprint density at radius 2 is 1.96 bits per heavy atom. The van der Waals surface area contributed by atoms with Gasteiger partial charge in [-0.05, 0) is 34.4 Å². The van der Waals surface area contributed by atoms with E-state index in [1.165, 1.54) is 22.2 Å². The molecule has 0 aliphatic rings. The van der Waals surface area contributed by atoms with Gasteiger partial charge in [-0.2, -0.15) is 0 Å². The molecule has 0 atom stereocenters. The number of carbonyl (C=O) groups is 1. The van der Waals surface area contributed by atoms with Gasteiger partial charge in [0, 0.05) is 6.54 Å². The zero-order valence-corrected chi connectivity index (χ0v) is 14.0. The first-order valence-corrected chi connectivity index (χ1v) is 8.71. The van der Waals surface area contributed by atoms with Crippen molar-refractivity contribution in [3.05, 3.63) is 70.6 Å². The van der Waals surface area contributed by atoms with Crippen LogP contribution in [0.15, 0.2) is 65.0 Å². The Morgan fingerprint density at radius 3 is 2.84 bits per heavy atom. The second-order valence-corrected chi connectivity index (χ2v) is 6.51. The summed E-state index contributed by atoms with van der Waals surface area (Å²) in [5.41, 5.74) is -0.134. The maximum Gasteiger partial charge on any atom is 0.312 e. The van der Waals surface area contributed by atoms with Gasteiger partial charge in [0.1, 0.15) is 10.6 Å². The molecule has 2 aromatic heterocycles. The average molecular weight is 350 g/mol. The third kappa shape index (κ3) is 3.16. The summed E-state index contributed by atoms with van der Waals surface area (Å²) >= 11 is 1.42. The summed E-state index contributed by atoms with van der Waals surface area (Å²) in [4.78, 5) is 29.3. The molecule has 124 valence electrons. The van der Waals surface area contributed by atoms with Crippen LogP contribution in [0.3, 0.4) is 0 Å². The van der Waals surface area contributed by atoms with Crippen LogP contribution in [0.4, 0.5) is 0 Å². The molecule has 0 bridgehead atoms. The molecule has 2 aromatic carbocycles. The van der Waals surface area contributed by atoms with Crippen molar-refractivity contribution in [1.29, 1.82) is 0 Å². The Balaban J connectivity index is 1.45. The first kappa shape index (κ1) is 15.5. The number of esters is 1. The maximum absolute atomic E-state index is 12.3. The Hall–Kier alpha value is -2.99. The van der Waals surface area contributed by atoms with Crippen molar-refractivity contribution in [1.82, 2.24) is 9.55 Å². The number of aromatic nitrogens is 2. The van der Waals surface area contributed by atoms with E-state index in [9.17, 15) is 9.59 Å². The van der Waals surface area contributed by atoms with Crippen molar-refractivity contribution < 1.29 is 9.53 Å². The van der Waals surface area contributed by atoms with Crippen LogP contribution < -0.4 is 10.3 Å². The first-order chi connectivity index (χ1) is 12.2. The fourth-order valence-electron chi connectivity index (χ4n) is 2.68. The van der Waals surface area contributed by atoms with Gasteiger partial charge < -0.3 is 4.74 Å². The largest absolute Gasteiger partial charge is 0.426 e. The highest BCUT2D eigenvalue weighted by Crippen LogP contribution is 2.21. The third-order valence-corrected chi connectivity index (χ3v) is 4.78. The quantitative estimate of drug-likeness (QED) is 0.417. The second kappa shape index (κ2) is 6.49. The van der Waals surface area contributed by atoms with Crippen molar-refractivity contribution in [3.8, 4) is 5.75 Å². The van der Waals surface area contributed by atoms with E-state index in [2.05, 4.69) is 4.98 Å². The van der Waals surface area contributed by atoms with Gasteiger partial charge in [0.15, 0.2) is 0 Å². The molecule has 0 N–H and O–H groups in total. The number of benzene rings is 2. The minimum Gasteiger partial charge on any atom is -0.426 e. The van der Waals surface area contributed by atoms with Crippen LogP contribution in [0.5, 0.6) is 5.75 Å². The fraction of sp³-hybridized carbons (Fsp3) is 0.105. The summed E-state index contributed by atoms with van der Waals surface area (Å²) < 4.78 is 6.83. The van der Waals surface area contributed by atoms with Crippen molar-refractivity contribution in [2.75, 3.05) is 0 Å². The predicted octanol–water partition coefficient (Wildman–Crippen LogP) is 3.61. The van der Waals surface area contributed by atoms with E-state index in [1.807, 2.05) is 41.8 Å². The van der Waals surface area contributed by atoms with Crippen molar-refractivity contribution in [3.63, 3.8) is 0 Å². The van der Waals surface area contributed by atoms with E-state index in [-0.39, 0.29) is 24.5 Å². The van der Waals surface area contributed by atoms with Gasteiger partial charge in [0.25, 0.3) is 5.56 Å². The molecule has 0 unspecified atom stereocenters. The molecule has 4 aromatic rings. The molecular weight excluding hydrogens is 336 g/mol. The summed E-state index contributed by atoms with van der Waals surface area (Å²) in [6.07, 6.45) is 1.58. The molecule has 0 aliphatic heterocycles. The Morgan fingerprint density at radius 1 is 1.12 bits per heavy atom. The number of carbonyl (C=O) groups excluding carboxylic acids is 1. The van der Waals surface area contributed by atoms with Crippen LogP contribution in [0, 0.1) is 0 Å². The van der Waals surface area contributed by atoms with Crippen molar-refractivity contribution in [2.45, 2.75) is 13.0 Å². The van der Waals surface area contributed by atoms with Gasteiger partial charge in [0.2, 0.25) is 0 Å². The lowest BCUT2D eigenvalue weighted by Crippen LogP contribution is -2.22. The molecular formula is C19H14N2O3S. The fourth-order valence-corrected chi connectivity index (χ4v) is 3.40. The van der Waals surface area contributed by atoms with Gasteiger partial charge in [-0.1, -0.05) is 30.3 Å². The summed E-state index contributed by atoms with van der Waals surface area (Å²) in [5, 5.41) is 4.51. The van der Waals surface area contributed by atoms with E-state index in [4.69, 9.17) is 4.74 Å². The SMILES string of the molecule is O=C(CCn1cnc2sccc2c1=O)Oc1ccc2ccccc2c1. The molecule has 0 amide bonds. The van der Waals surface area contributed by atoms with Gasteiger partial charge in [-0.15, -0.1) is 11.3 Å². The number of hydrogen-bond donors (Lipinski definition) is 0. The van der Waals surface area contributed by atoms with E-state index >= 15 is 0 Å². The summed E-state index contributed by atoms with van der Waals surface area (Å²) in [7, 11) is 0. The molecule has 0 fully saturated rings. The number of thiophene rings is 1. The lowest BCUT2D eigenvalue weighted by atomic mass is 10.1. The summed E-state index contributed by atoms with van der Waals surface area (Å²) in [5.74, 6) is 0.120. The molecule has 0 saturated heterocycles. The Labute approximate surface area is 147 Å². The lowest BCUT2D eigenvalue weighted by Gasteiger charge is -2.07. The normalized spacial score (nSPS) is 11.0. The first-order valence-electron chi connectivity index (χ1n) is 7.83. The van der Waals surface area contributed by atoms with E-state index in [0.29, 0.717) is 16.0 Å². The Bertz CT molecular complexity index is 1130. The van der Waals surface area contributed by atoms with Gasteiger partial charge in [-0.3, -0.25) is 14.2 Å². The van der Waals surface area contributed by atoms with Crippen molar-refractivity contribution in [2.24, 2.45) is 0 Å². The zero-order chi connectivity index (χ0) is 17.2. The number of rotatable bonds is 4. The summed E-state index contributed by atoms with van der Waals surface area (Å²) in [6, 6.07) is 15.1. The molecule has 6 heteroatoms. The van der Waals surface area contributed by atoms with Crippen LogP contribution in [0.25, 0.3) is 21.0 Å². The molecule has 4 rings (SSSR count). The predicted molar refractivity (Wildman–Crippen MR) is 98.1 cm³/mol. The molecule has 0 radical (unpaired) electrons.